The molecule has 1 aliphatic heterocycles. The van der Waals surface area contributed by atoms with Gasteiger partial charge in [0, 0.05) is 44.0 Å². The van der Waals surface area contributed by atoms with Crippen LogP contribution in [0.4, 0.5) is 5.82 Å². The van der Waals surface area contributed by atoms with Crippen molar-refractivity contribution in [3.63, 3.8) is 0 Å². The number of anilines is 1. The summed E-state index contributed by atoms with van der Waals surface area (Å²) >= 11 is 0. The summed E-state index contributed by atoms with van der Waals surface area (Å²) in [5.74, 6) is 1.12. The van der Waals surface area contributed by atoms with E-state index in [1.807, 2.05) is 12.3 Å². The Hall–Kier alpha value is -1.13. The number of ether oxygens (including phenoxy) is 1. The van der Waals surface area contributed by atoms with Gasteiger partial charge in [-0.25, -0.2) is 4.98 Å². The van der Waals surface area contributed by atoms with Gasteiger partial charge in [-0.3, -0.25) is 0 Å². The van der Waals surface area contributed by atoms with Crippen LogP contribution < -0.4 is 10.2 Å². The monoisotopic (exact) mass is 277 g/mol. The number of nitrogens with one attached hydrogen (secondary N) is 1. The minimum Gasteiger partial charge on any atom is -0.377 e. The van der Waals surface area contributed by atoms with Crippen LogP contribution >= 0.6 is 0 Å². The van der Waals surface area contributed by atoms with Gasteiger partial charge < -0.3 is 15.0 Å². The van der Waals surface area contributed by atoms with Gasteiger partial charge in [-0.05, 0) is 25.8 Å². The minimum absolute atomic E-state index is 0.349. The van der Waals surface area contributed by atoms with Crippen molar-refractivity contribution in [1.82, 2.24) is 10.3 Å². The zero-order valence-corrected chi connectivity index (χ0v) is 12.9. The van der Waals surface area contributed by atoms with Crippen LogP contribution in [0.3, 0.4) is 0 Å². The first kappa shape index (κ1) is 15.3. The van der Waals surface area contributed by atoms with Crippen molar-refractivity contribution in [2.24, 2.45) is 0 Å². The van der Waals surface area contributed by atoms with Crippen molar-refractivity contribution in [3.8, 4) is 0 Å². The third-order valence-corrected chi connectivity index (χ3v) is 3.65. The lowest BCUT2D eigenvalue weighted by molar-refractivity contribution is 0.0525. The van der Waals surface area contributed by atoms with Gasteiger partial charge >= 0.3 is 0 Å². The van der Waals surface area contributed by atoms with Gasteiger partial charge in [0.25, 0.3) is 0 Å². The van der Waals surface area contributed by atoms with E-state index in [1.54, 1.807) is 0 Å². The number of pyridine rings is 1. The molecular weight excluding hydrogens is 250 g/mol. The third kappa shape index (κ3) is 4.18. The smallest absolute Gasteiger partial charge is 0.133 e. The maximum Gasteiger partial charge on any atom is 0.133 e. The number of hydrogen-bond donors (Lipinski definition) is 1. The van der Waals surface area contributed by atoms with Crippen LogP contribution in [0, 0.1) is 0 Å². The average Bonchev–Trinajstić information content (AvgIpc) is 2.46. The van der Waals surface area contributed by atoms with Gasteiger partial charge in [-0.2, -0.15) is 0 Å². The molecule has 1 aromatic rings. The molecule has 4 heteroatoms. The molecule has 1 fully saturated rings. The zero-order chi connectivity index (χ0) is 14.4. The highest BCUT2D eigenvalue weighted by Crippen LogP contribution is 2.23. The average molecular weight is 277 g/mol. The van der Waals surface area contributed by atoms with E-state index in [9.17, 15) is 0 Å². The SMILES string of the molecule is CCOC1CCCN(c2ncccc2CNC(C)C)C1. The fourth-order valence-corrected chi connectivity index (χ4v) is 2.67. The quantitative estimate of drug-likeness (QED) is 0.867. The number of piperidine rings is 1. The lowest BCUT2D eigenvalue weighted by atomic mass is 10.1. The molecule has 1 atom stereocenters. The topological polar surface area (TPSA) is 37.4 Å². The van der Waals surface area contributed by atoms with Crippen LogP contribution in [0.5, 0.6) is 0 Å². The van der Waals surface area contributed by atoms with Crippen molar-refractivity contribution in [1.29, 1.82) is 0 Å². The Kier molecular flexibility index (Phi) is 5.80. The first-order valence-corrected chi connectivity index (χ1v) is 7.74. The normalized spacial score (nSPS) is 19.6. The van der Waals surface area contributed by atoms with Crippen LogP contribution in [-0.2, 0) is 11.3 Å². The summed E-state index contributed by atoms with van der Waals surface area (Å²) in [4.78, 5) is 6.98. The molecule has 0 spiro atoms. The standard InChI is InChI=1S/C16H27N3O/c1-4-20-15-8-6-10-19(12-15)16-14(7-5-9-17-16)11-18-13(2)3/h5,7,9,13,15,18H,4,6,8,10-12H2,1-3H3. The Balaban J connectivity index is 2.06. The molecule has 1 aromatic heterocycles. The highest BCUT2D eigenvalue weighted by atomic mass is 16.5. The second kappa shape index (κ2) is 7.60. The highest BCUT2D eigenvalue weighted by Gasteiger charge is 2.22. The predicted molar refractivity (Wildman–Crippen MR) is 83.1 cm³/mol. The Morgan fingerprint density at radius 1 is 1.50 bits per heavy atom. The first-order chi connectivity index (χ1) is 9.70. The minimum atomic E-state index is 0.349. The van der Waals surface area contributed by atoms with Crippen LogP contribution in [-0.4, -0.2) is 36.8 Å². The van der Waals surface area contributed by atoms with E-state index in [2.05, 4.69) is 42.0 Å². The fourth-order valence-electron chi connectivity index (χ4n) is 2.67. The molecule has 2 heterocycles. The lowest BCUT2D eigenvalue weighted by Crippen LogP contribution is -2.41. The highest BCUT2D eigenvalue weighted by molar-refractivity contribution is 5.47. The molecule has 0 saturated carbocycles. The molecule has 0 aliphatic carbocycles. The maximum absolute atomic E-state index is 5.79. The van der Waals surface area contributed by atoms with Crippen molar-refractivity contribution in [2.75, 3.05) is 24.6 Å². The number of aromatic nitrogens is 1. The molecule has 2 rings (SSSR count). The van der Waals surface area contributed by atoms with Crippen molar-refractivity contribution in [2.45, 2.75) is 52.3 Å². The Morgan fingerprint density at radius 3 is 3.10 bits per heavy atom. The summed E-state index contributed by atoms with van der Waals surface area (Å²) in [5.41, 5.74) is 1.28. The van der Waals surface area contributed by atoms with E-state index in [1.165, 1.54) is 12.0 Å². The summed E-state index contributed by atoms with van der Waals surface area (Å²) in [5, 5.41) is 3.48. The fraction of sp³-hybridized carbons (Fsp3) is 0.688. The summed E-state index contributed by atoms with van der Waals surface area (Å²) in [6.45, 7) is 10.1. The Morgan fingerprint density at radius 2 is 2.35 bits per heavy atom. The molecule has 1 saturated heterocycles. The molecule has 4 nitrogen and oxygen atoms in total. The van der Waals surface area contributed by atoms with E-state index < -0.39 is 0 Å². The number of rotatable bonds is 6. The third-order valence-electron chi connectivity index (χ3n) is 3.65. The van der Waals surface area contributed by atoms with Gasteiger partial charge in [0.2, 0.25) is 0 Å². The van der Waals surface area contributed by atoms with E-state index in [4.69, 9.17) is 4.74 Å². The molecular formula is C16H27N3O. The maximum atomic E-state index is 5.79. The molecule has 0 bridgehead atoms. The van der Waals surface area contributed by atoms with E-state index in [0.29, 0.717) is 12.1 Å². The van der Waals surface area contributed by atoms with Crippen LogP contribution in [0.1, 0.15) is 39.2 Å². The predicted octanol–water partition coefficient (Wildman–Crippen LogP) is 2.58. The molecule has 0 radical (unpaired) electrons. The first-order valence-electron chi connectivity index (χ1n) is 7.74. The molecule has 1 N–H and O–H groups in total. The van der Waals surface area contributed by atoms with Gasteiger partial charge in [-0.1, -0.05) is 19.9 Å². The molecule has 1 unspecified atom stereocenters. The van der Waals surface area contributed by atoms with Gasteiger partial charge in [0.15, 0.2) is 0 Å². The number of nitrogens with zero attached hydrogens (tertiary/aromatic N) is 2. The molecule has 0 amide bonds. The van der Waals surface area contributed by atoms with Crippen LogP contribution in [0.25, 0.3) is 0 Å². The van der Waals surface area contributed by atoms with Gasteiger partial charge in [-0.15, -0.1) is 0 Å². The van der Waals surface area contributed by atoms with E-state index in [-0.39, 0.29) is 0 Å². The molecule has 0 aromatic carbocycles. The Bertz CT molecular complexity index is 406. The van der Waals surface area contributed by atoms with E-state index >= 15 is 0 Å². The molecule has 112 valence electrons. The second-order valence-corrected chi connectivity index (χ2v) is 5.69. The van der Waals surface area contributed by atoms with E-state index in [0.717, 1.165) is 38.5 Å². The summed E-state index contributed by atoms with van der Waals surface area (Å²) < 4.78 is 5.79. The zero-order valence-electron chi connectivity index (χ0n) is 12.9. The summed E-state index contributed by atoms with van der Waals surface area (Å²) in [6.07, 6.45) is 4.58. The van der Waals surface area contributed by atoms with Gasteiger partial charge in [0.05, 0.1) is 6.10 Å². The number of hydrogen-bond acceptors (Lipinski definition) is 4. The van der Waals surface area contributed by atoms with Crippen molar-refractivity contribution in [3.05, 3.63) is 23.9 Å². The molecule has 20 heavy (non-hydrogen) atoms. The largest absolute Gasteiger partial charge is 0.377 e. The molecule has 1 aliphatic rings. The van der Waals surface area contributed by atoms with Crippen molar-refractivity contribution >= 4 is 5.82 Å². The van der Waals surface area contributed by atoms with Gasteiger partial charge in [0.1, 0.15) is 5.82 Å². The van der Waals surface area contributed by atoms with Crippen LogP contribution in [0.15, 0.2) is 18.3 Å². The Labute approximate surface area is 122 Å². The summed E-state index contributed by atoms with van der Waals surface area (Å²) in [7, 11) is 0. The van der Waals surface area contributed by atoms with Crippen molar-refractivity contribution < 1.29 is 4.74 Å². The van der Waals surface area contributed by atoms with Crippen LogP contribution in [0.2, 0.25) is 0 Å². The summed E-state index contributed by atoms with van der Waals surface area (Å²) in [6, 6.07) is 4.67. The lowest BCUT2D eigenvalue weighted by Gasteiger charge is -2.34. The second-order valence-electron chi connectivity index (χ2n) is 5.69.